The topological polar surface area (TPSA) is 94.1 Å². The number of benzene rings is 1. The number of ether oxygens (including phenoxy) is 1. The molecule has 5 heteroatoms. The van der Waals surface area contributed by atoms with Crippen molar-refractivity contribution in [2.45, 2.75) is 26.2 Å². The van der Waals surface area contributed by atoms with E-state index in [4.69, 9.17) is 15.3 Å². The average Bonchev–Trinajstić information content (AvgIpc) is 2.41. The molecule has 0 saturated carbocycles. The summed E-state index contributed by atoms with van der Waals surface area (Å²) in [6.45, 7) is 3.73. The molecular weight excluding hydrogens is 244 g/mol. The highest BCUT2D eigenvalue weighted by Gasteiger charge is 2.24. The van der Waals surface area contributed by atoms with Gasteiger partial charge in [-0.25, -0.2) is 0 Å². The van der Waals surface area contributed by atoms with Gasteiger partial charge in [0, 0.05) is 5.56 Å². The summed E-state index contributed by atoms with van der Waals surface area (Å²) in [5, 5.41) is 27.7. The number of phenols is 1. The lowest BCUT2D eigenvalue weighted by atomic mass is 9.92. The van der Waals surface area contributed by atoms with Gasteiger partial charge in [-0.3, -0.25) is 4.79 Å². The maximum atomic E-state index is 11.8. The van der Waals surface area contributed by atoms with E-state index < -0.39 is 11.9 Å². The van der Waals surface area contributed by atoms with E-state index >= 15 is 0 Å². The molecule has 0 fully saturated rings. The van der Waals surface area contributed by atoms with Gasteiger partial charge in [0.05, 0.1) is 23.7 Å². The maximum Gasteiger partial charge on any atom is 0.313 e. The average molecular weight is 258 g/mol. The van der Waals surface area contributed by atoms with Gasteiger partial charge in [-0.2, -0.15) is 10.5 Å². The molecule has 0 spiro atoms. The number of carbonyl (C=O) groups is 1. The van der Waals surface area contributed by atoms with Crippen LogP contribution >= 0.6 is 0 Å². The molecule has 1 aromatic rings. The third kappa shape index (κ3) is 3.02. The van der Waals surface area contributed by atoms with Crippen molar-refractivity contribution in [1.29, 1.82) is 10.5 Å². The van der Waals surface area contributed by atoms with E-state index in [9.17, 15) is 9.90 Å². The van der Waals surface area contributed by atoms with Crippen molar-refractivity contribution < 1.29 is 14.6 Å². The Kier molecular flexibility index (Phi) is 4.91. The molecule has 0 radical (unpaired) electrons. The molecule has 0 aliphatic carbocycles. The Balaban J connectivity index is 3.30. The van der Waals surface area contributed by atoms with Crippen LogP contribution in [0.1, 0.15) is 42.9 Å². The van der Waals surface area contributed by atoms with E-state index in [-0.39, 0.29) is 23.5 Å². The van der Waals surface area contributed by atoms with Crippen LogP contribution < -0.4 is 0 Å². The summed E-state index contributed by atoms with van der Waals surface area (Å²) in [5.41, 5.74) is 0.539. The Morgan fingerprint density at radius 2 is 1.89 bits per heavy atom. The number of hydrogen-bond acceptors (Lipinski definition) is 5. The van der Waals surface area contributed by atoms with Gasteiger partial charge in [0.1, 0.15) is 17.9 Å². The van der Waals surface area contributed by atoms with E-state index in [1.165, 1.54) is 12.1 Å². The first-order valence-corrected chi connectivity index (χ1v) is 5.92. The molecular formula is C14H14N2O3. The number of aromatic hydroxyl groups is 1. The maximum absolute atomic E-state index is 11.8. The van der Waals surface area contributed by atoms with Crippen LogP contribution in [0.15, 0.2) is 12.1 Å². The van der Waals surface area contributed by atoms with Gasteiger partial charge in [-0.05, 0) is 25.5 Å². The van der Waals surface area contributed by atoms with Crippen molar-refractivity contribution in [2.75, 3.05) is 6.61 Å². The lowest BCUT2D eigenvalue weighted by molar-refractivity contribution is -0.145. The minimum Gasteiger partial charge on any atom is -0.508 e. The number of phenolic OH excluding ortho intramolecular Hbond substituents is 1. The Hall–Kier alpha value is -2.53. The summed E-state index contributed by atoms with van der Waals surface area (Å²) >= 11 is 0. The second kappa shape index (κ2) is 6.42. The van der Waals surface area contributed by atoms with Crippen molar-refractivity contribution in [1.82, 2.24) is 0 Å². The molecule has 0 heterocycles. The lowest BCUT2D eigenvalue weighted by Crippen LogP contribution is -2.15. The highest BCUT2D eigenvalue weighted by atomic mass is 16.5. The molecule has 0 aromatic heterocycles. The molecule has 1 rings (SSSR count). The number of rotatable bonds is 4. The van der Waals surface area contributed by atoms with Crippen LogP contribution in [0.3, 0.4) is 0 Å². The minimum atomic E-state index is -0.639. The molecule has 0 aliphatic rings. The SMILES string of the molecule is CCOC(=O)C(CC)c1cc(C#N)c(C#N)cc1O. The first-order valence-electron chi connectivity index (χ1n) is 5.92. The largest absolute Gasteiger partial charge is 0.508 e. The van der Waals surface area contributed by atoms with E-state index in [1.807, 2.05) is 12.1 Å². The Morgan fingerprint density at radius 3 is 2.37 bits per heavy atom. The fourth-order valence-corrected chi connectivity index (χ4v) is 1.83. The third-order valence-electron chi connectivity index (χ3n) is 2.76. The molecule has 19 heavy (non-hydrogen) atoms. The van der Waals surface area contributed by atoms with Crippen LogP contribution in [-0.4, -0.2) is 17.7 Å². The van der Waals surface area contributed by atoms with Crippen molar-refractivity contribution in [3.63, 3.8) is 0 Å². The van der Waals surface area contributed by atoms with Gasteiger partial charge in [0.25, 0.3) is 0 Å². The summed E-state index contributed by atoms with van der Waals surface area (Å²) in [6.07, 6.45) is 0.434. The molecule has 1 N–H and O–H groups in total. The number of carbonyl (C=O) groups excluding carboxylic acids is 1. The Labute approximate surface area is 111 Å². The smallest absolute Gasteiger partial charge is 0.313 e. The van der Waals surface area contributed by atoms with Crippen molar-refractivity contribution in [3.8, 4) is 17.9 Å². The van der Waals surface area contributed by atoms with Gasteiger partial charge < -0.3 is 9.84 Å². The first-order chi connectivity index (χ1) is 9.08. The van der Waals surface area contributed by atoms with Crippen LogP contribution in [0.25, 0.3) is 0 Å². The van der Waals surface area contributed by atoms with Crippen LogP contribution in [0.2, 0.25) is 0 Å². The van der Waals surface area contributed by atoms with E-state index in [0.717, 1.165) is 0 Å². The van der Waals surface area contributed by atoms with Crippen molar-refractivity contribution in [2.24, 2.45) is 0 Å². The monoisotopic (exact) mass is 258 g/mol. The molecule has 0 aliphatic heterocycles. The highest BCUT2D eigenvalue weighted by molar-refractivity contribution is 5.79. The quantitative estimate of drug-likeness (QED) is 0.835. The summed E-state index contributed by atoms with van der Waals surface area (Å²) in [5.74, 6) is -1.26. The molecule has 0 saturated heterocycles. The number of nitriles is 2. The number of nitrogens with zero attached hydrogens (tertiary/aromatic N) is 2. The van der Waals surface area contributed by atoms with Crippen molar-refractivity contribution in [3.05, 3.63) is 28.8 Å². The first kappa shape index (κ1) is 14.5. The number of esters is 1. The molecule has 1 aromatic carbocycles. The number of hydrogen-bond donors (Lipinski definition) is 1. The van der Waals surface area contributed by atoms with Crippen LogP contribution in [0.4, 0.5) is 0 Å². The molecule has 0 amide bonds. The lowest BCUT2D eigenvalue weighted by Gasteiger charge is -2.15. The van der Waals surface area contributed by atoms with Crippen LogP contribution in [0.5, 0.6) is 5.75 Å². The predicted molar refractivity (Wildman–Crippen MR) is 67.2 cm³/mol. The molecule has 5 nitrogen and oxygen atoms in total. The highest BCUT2D eigenvalue weighted by Crippen LogP contribution is 2.31. The normalized spacial score (nSPS) is 11.2. The van der Waals surface area contributed by atoms with Crippen LogP contribution in [-0.2, 0) is 9.53 Å². The zero-order valence-electron chi connectivity index (χ0n) is 10.8. The van der Waals surface area contributed by atoms with Gasteiger partial charge in [-0.1, -0.05) is 6.92 Å². The van der Waals surface area contributed by atoms with E-state index in [2.05, 4.69) is 0 Å². The minimum absolute atomic E-state index is 0.0856. The molecule has 1 atom stereocenters. The van der Waals surface area contributed by atoms with E-state index in [1.54, 1.807) is 13.8 Å². The zero-order valence-corrected chi connectivity index (χ0v) is 10.8. The summed E-state index contributed by atoms with van der Waals surface area (Å²) in [7, 11) is 0. The third-order valence-corrected chi connectivity index (χ3v) is 2.76. The van der Waals surface area contributed by atoms with Gasteiger partial charge >= 0.3 is 5.97 Å². The fraction of sp³-hybridized carbons (Fsp3) is 0.357. The summed E-state index contributed by atoms with van der Waals surface area (Å²) in [4.78, 5) is 11.8. The van der Waals surface area contributed by atoms with Gasteiger partial charge in [-0.15, -0.1) is 0 Å². The summed E-state index contributed by atoms with van der Waals surface area (Å²) in [6, 6.07) is 6.28. The second-order valence-corrected chi connectivity index (χ2v) is 3.89. The van der Waals surface area contributed by atoms with Gasteiger partial charge in [0.2, 0.25) is 0 Å². The predicted octanol–water partition coefficient (Wildman–Crippen LogP) is 2.19. The molecule has 0 bridgehead atoms. The Bertz CT molecular complexity index is 567. The zero-order chi connectivity index (χ0) is 14.4. The van der Waals surface area contributed by atoms with Crippen molar-refractivity contribution >= 4 is 5.97 Å². The summed E-state index contributed by atoms with van der Waals surface area (Å²) < 4.78 is 4.94. The van der Waals surface area contributed by atoms with E-state index in [0.29, 0.717) is 12.0 Å². The Morgan fingerprint density at radius 1 is 1.32 bits per heavy atom. The fourth-order valence-electron chi connectivity index (χ4n) is 1.83. The van der Waals surface area contributed by atoms with Gasteiger partial charge in [0.15, 0.2) is 0 Å². The standard InChI is InChI=1S/C14H14N2O3/c1-3-11(14(18)19-4-2)12-5-9(7-15)10(8-16)6-13(12)17/h5-6,11,17H,3-4H2,1-2H3. The molecule has 98 valence electrons. The second-order valence-electron chi connectivity index (χ2n) is 3.89. The molecule has 1 unspecified atom stereocenters. The van der Waals surface area contributed by atoms with Crippen LogP contribution in [0, 0.1) is 22.7 Å².